The van der Waals surface area contributed by atoms with E-state index in [1.54, 1.807) is 0 Å². The highest BCUT2D eigenvalue weighted by Crippen LogP contribution is 2.28. The number of hydrogen-bond donors (Lipinski definition) is 2. The maximum absolute atomic E-state index is 10.6. The maximum atomic E-state index is 10.6. The minimum atomic E-state index is -0.552. The monoisotopic (exact) mass is 353 g/mol. The molecule has 0 saturated carbocycles. The van der Waals surface area contributed by atoms with Gasteiger partial charge in [-0.3, -0.25) is 9.38 Å². The highest BCUT2D eigenvalue weighted by atomic mass is 16.5. The van der Waals surface area contributed by atoms with Crippen molar-refractivity contribution in [2.45, 2.75) is 27.2 Å². The van der Waals surface area contributed by atoms with Crippen LogP contribution < -0.4 is 15.8 Å². The maximum Gasteiger partial charge on any atom is 0.312 e. The molecule has 7 heteroatoms. The van der Waals surface area contributed by atoms with Crippen LogP contribution in [0.15, 0.2) is 30.5 Å². The number of rotatable bonds is 6. The van der Waals surface area contributed by atoms with Gasteiger partial charge in [-0.15, -0.1) is 0 Å². The Balaban J connectivity index is 1.88. The van der Waals surface area contributed by atoms with Crippen LogP contribution in [0.1, 0.15) is 24.0 Å². The van der Waals surface area contributed by atoms with Crippen LogP contribution in [0.5, 0.6) is 5.75 Å². The Bertz CT molecular complexity index is 931. The Hall–Kier alpha value is -3.09. The summed E-state index contributed by atoms with van der Waals surface area (Å²) >= 11 is 0. The van der Waals surface area contributed by atoms with Crippen molar-refractivity contribution < 1.29 is 9.53 Å². The second-order valence-electron chi connectivity index (χ2n) is 6.09. The molecule has 26 heavy (non-hydrogen) atoms. The van der Waals surface area contributed by atoms with Gasteiger partial charge in [0.2, 0.25) is 0 Å². The van der Waals surface area contributed by atoms with Crippen LogP contribution in [0.25, 0.3) is 16.9 Å². The average Bonchev–Trinajstić information content (AvgIpc) is 2.98. The van der Waals surface area contributed by atoms with Crippen LogP contribution in [-0.2, 0) is 6.42 Å². The Morgan fingerprint density at radius 2 is 1.96 bits per heavy atom. The third-order valence-electron chi connectivity index (χ3n) is 4.10. The van der Waals surface area contributed by atoms with E-state index in [0.29, 0.717) is 13.2 Å². The number of benzene rings is 1. The Labute approximate surface area is 152 Å². The number of amides is 2. The summed E-state index contributed by atoms with van der Waals surface area (Å²) in [6, 6.07) is 7.32. The van der Waals surface area contributed by atoms with Gasteiger partial charge in [-0.2, -0.15) is 0 Å². The summed E-state index contributed by atoms with van der Waals surface area (Å²) in [5, 5.41) is 2.49. The number of nitrogens with two attached hydrogens (primary N) is 1. The molecule has 2 heterocycles. The van der Waals surface area contributed by atoms with Gasteiger partial charge in [0.1, 0.15) is 12.4 Å². The van der Waals surface area contributed by atoms with Gasteiger partial charge < -0.3 is 15.8 Å². The van der Waals surface area contributed by atoms with E-state index in [0.717, 1.165) is 46.2 Å². The van der Waals surface area contributed by atoms with E-state index < -0.39 is 6.03 Å². The Morgan fingerprint density at radius 3 is 2.62 bits per heavy atom. The molecule has 0 saturated heterocycles. The van der Waals surface area contributed by atoms with Gasteiger partial charge in [-0.25, -0.2) is 9.78 Å². The molecular formula is C19H23N5O2. The van der Waals surface area contributed by atoms with Crippen LogP contribution in [0.2, 0.25) is 0 Å². The first-order valence-electron chi connectivity index (χ1n) is 8.61. The fourth-order valence-corrected chi connectivity index (χ4v) is 3.00. The number of carbonyl (C=O) groups excluding carboxylic acids is 1. The Kier molecular flexibility index (Phi) is 5.06. The number of aromatic nitrogens is 3. The standard InChI is InChI=1S/C19H23N5O2/c1-4-16-17(24-11-12(2)22-13(3)18(24)23-16)14-5-7-15(8-6-14)26-10-9-21-19(20)25/h5-8,11H,4,9-10H2,1-3H3,(H3,20,21,25). The highest BCUT2D eigenvalue weighted by Gasteiger charge is 2.15. The molecule has 0 bridgehead atoms. The molecule has 0 aliphatic rings. The van der Waals surface area contributed by atoms with Crippen LogP contribution in [0.4, 0.5) is 4.79 Å². The minimum Gasteiger partial charge on any atom is -0.492 e. The van der Waals surface area contributed by atoms with E-state index in [9.17, 15) is 4.79 Å². The SMILES string of the molecule is CCc1nc2c(C)nc(C)cn2c1-c1ccc(OCCNC(N)=O)cc1. The predicted octanol–water partition coefficient (Wildman–Crippen LogP) is 2.62. The molecule has 1 aromatic carbocycles. The van der Waals surface area contributed by atoms with E-state index in [-0.39, 0.29) is 0 Å². The lowest BCUT2D eigenvalue weighted by atomic mass is 10.1. The van der Waals surface area contributed by atoms with Crippen molar-refractivity contribution in [3.8, 4) is 17.0 Å². The Morgan fingerprint density at radius 1 is 1.23 bits per heavy atom. The third-order valence-corrected chi connectivity index (χ3v) is 4.10. The number of fused-ring (bicyclic) bond motifs is 1. The zero-order valence-electron chi connectivity index (χ0n) is 15.2. The molecular weight excluding hydrogens is 330 g/mol. The largest absolute Gasteiger partial charge is 0.492 e. The summed E-state index contributed by atoms with van der Waals surface area (Å²) in [7, 11) is 0. The first-order valence-corrected chi connectivity index (χ1v) is 8.61. The number of nitrogens with zero attached hydrogens (tertiary/aromatic N) is 3. The predicted molar refractivity (Wildman–Crippen MR) is 100 cm³/mol. The normalized spacial score (nSPS) is 10.9. The van der Waals surface area contributed by atoms with Crippen molar-refractivity contribution in [1.82, 2.24) is 19.7 Å². The molecule has 3 rings (SSSR count). The van der Waals surface area contributed by atoms with Gasteiger partial charge in [0.25, 0.3) is 0 Å². The quantitative estimate of drug-likeness (QED) is 0.666. The van der Waals surface area contributed by atoms with Crippen molar-refractivity contribution in [3.63, 3.8) is 0 Å². The molecule has 0 spiro atoms. The number of hydrogen-bond acceptors (Lipinski definition) is 4. The number of aryl methyl sites for hydroxylation is 3. The smallest absolute Gasteiger partial charge is 0.312 e. The average molecular weight is 353 g/mol. The van der Waals surface area contributed by atoms with Crippen molar-refractivity contribution in [2.75, 3.05) is 13.2 Å². The molecule has 2 aromatic heterocycles. The van der Waals surface area contributed by atoms with Crippen molar-refractivity contribution in [2.24, 2.45) is 5.73 Å². The topological polar surface area (TPSA) is 94.5 Å². The van der Waals surface area contributed by atoms with Gasteiger partial charge in [0.05, 0.1) is 29.3 Å². The van der Waals surface area contributed by atoms with Crippen LogP contribution in [0.3, 0.4) is 0 Å². The molecule has 0 atom stereocenters. The van der Waals surface area contributed by atoms with E-state index >= 15 is 0 Å². The summed E-state index contributed by atoms with van der Waals surface area (Å²) in [6.45, 7) is 6.80. The minimum absolute atomic E-state index is 0.363. The summed E-state index contributed by atoms with van der Waals surface area (Å²) in [4.78, 5) is 19.9. The van der Waals surface area contributed by atoms with Gasteiger partial charge in [0.15, 0.2) is 5.65 Å². The zero-order valence-corrected chi connectivity index (χ0v) is 15.2. The van der Waals surface area contributed by atoms with E-state index in [1.165, 1.54) is 0 Å². The van der Waals surface area contributed by atoms with Crippen molar-refractivity contribution in [3.05, 3.63) is 47.5 Å². The fraction of sp³-hybridized carbons (Fsp3) is 0.316. The number of nitrogens with one attached hydrogen (secondary N) is 1. The first kappa shape index (κ1) is 17.7. The zero-order chi connectivity index (χ0) is 18.7. The van der Waals surface area contributed by atoms with Crippen molar-refractivity contribution in [1.29, 1.82) is 0 Å². The lowest BCUT2D eigenvalue weighted by molar-refractivity contribution is 0.244. The number of imidazole rings is 1. The second-order valence-corrected chi connectivity index (χ2v) is 6.09. The molecule has 136 valence electrons. The van der Waals surface area contributed by atoms with E-state index in [2.05, 4.69) is 21.6 Å². The summed E-state index contributed by atoms with van der Waals surface area (Å²) in [6.07, 6.45) is 2.86. The van der Waals surface area contributed by atoms with E-state index in [1.807, 2.05) is 44.3 Å². The van der Waals surface area contributed by atoms with Crippen molar-refractivity contribution >= 4 is 11.7 Å². The summed E-state index contributed by atoms with van der Waals surface area (Å²) in [5.74, 6) is 0.737. The highest BCUT2D eigenvalue weighted by molar-refractivity contribution is 5.71. The number of primary amides is 1. The number of ether oxygens (including phenoxy) is 1. The molecule has 3 aromatic rings. The van der Waals surface area contributed by atoms with Crippen LogP contribution in [-0.4, -0.2) is 33.6 Å². The lowest BCUT2D eigenvalue weighted by Crippen LogP contribution is -2.32. The van der Waals surface area contributed by atoms with Gasteiger partial charge in [-0.1, -0.05) is 6.92 Å². The molecule has 0 unspecified atom stereocenters. The second kappa shape index (κ2) is 7.43. The molecule has 2 amide bonds. The van der Waals surface area contributed by atoms with Gasteiger partial charge in [0, 0.05) is 11.8 Å². The summed E-state index contributed by atoms with van der Waals surface area (Å²) in [5.41, 5.74) is 11.0. The molecule has 0 fully saturated rings. The summed E-state index contributed by atoms with van der Waals surface area (Å²) < 4.78 is 7.72. The lowest BCUT2D eigenvalue weighted by Gasteiger charge is -2.09. The van der Waals surface area contributed by atoms with Crippen LogP contribution >= 0.6 is 0 Å². The first-order chi connectivity index (χ1) is 12.5. The molecule has 0 aliphatic heterocycles. The van der Waals surface area contributed by atoms with E-state index in [4.69, 9.17) is 15.5 Å². The molecule has 0 aliphatic carbocycles. The molecule has 7 nitrogen and oxygen atoms in total. The van der Waals surface area contributed by atoms with Gasteiger partial charge >= 0.3 is 6.03 Å². The number of carbonyl (C=O) groups is 1. The van der Waals surface area contributed by atoms with Gasteiger partial charge in [-0.05, 0) is 44.5 Å². The van der Waals surface area contributed by atoms with Crippen LogP contribution in [0, 0.1) is 13.8 Å². The fourth-order valence-electron chi connectivity index (χ4n) is 3.00. The number of urea groups is 1. The third kappa shape index (κ3) is 3.61. The molecule has 3 N–H and O–H groups in total. The molecule has 0 radical (unpaired) electrons.